The maximum Gasteiger partial charge on any atom is 0.416 e. The zero-order valence-corrected chi connectivity index (χ0v) is 20.3. The average molecular weight is 586 g/mol. The molecule has 4 rings (SSSR count). The Morgan fingerprint density at radius 1 is 0.925 bits per heavy atom. The number of benzene rings is 2. The van der Waals surface area contributed by atoms with Gasteiger partial charge in [0.25, 0.3) is 12.3 Å². The van der Waals surface area contributed by atoms with Crippen molar-refractivity contribution in [3.8, 4) is 0 Å². The van der Waals surface area contributed by atoms with Gasteiger partial charge in [0, 0.05) is 44.0 Å². The first-order chi connectivity index (χ1) is 18.5. The van der Waals surface area contributed by atoms with E-state index in [1.165, 1.54) is 6.07 Å². The Morgan fingerprint density at radius 2 is 1.50 bits per heavy atom. The van der Waals surface area contributed by atoms with Crippen molar-refractivity contribution in [3.63, 3.8) is 0 Å². The molecule has 0 radical (unpaired) electrons. The molecule has 0 aromatic heterocycles. The molecule has 15 heteroatoms. The van der Waals surface area contributed by atoms with Crippen LogP contribution in [0, 0.1) is 11.6 Å². The number of halogens is 10. The molecule has 2 aromatic carbocycles. The Labute approximate surface area is 220 Å². The minimum Gasteiger partial charge on any atom is -0.442 e. The minimum atomic E-state index is -5.17. The second kappa shape index (κ2) is 10.5. The van der Waals surface area contributed by atoms with Gasteiger partial charge in [-0.25, -0.2) is 22.4 Å². The number of alkyl halides is 8. The Hall–Kier alpha value is -3.52. The Bertz CT molecular complexity index is 1250. The fourth-order valence-corrected chi connectivity index (χ4v) is 5.02. The van der Waals surface area contributed by atoms with Gasteiger partial charge in [-0.15, -0.1) is 0 Å². The number of likely N-dealkylation sites (tertiary alicyclic amines) is 1. The summed E-state index contributed by atoms with van der Waals surface area (Å²) in [5.74, 6) is -4.55. The predicted molar refractivity (Wildman–Crippen MR) is 117 cm³/mol. The predicted octanol–water partition coefficient (Wildman–Crippen LogP) is 6.48. The third kappa shape index (κ3) is 5.97. The number of hydrogen-bond acceptors (Lipinski definition) is 3. The van der Waals surface area contributed by atoms with Crippen LogP contribution < -0.4 is 0 Å². The average Bonchev–Trinajstić information content (AvgIpc) is 2.86. The van der Waals surface area contributed by atoms with E-state index in [1.54, 1.807) is 0 Å². The molecule has 2 amide bonds. The second-order valence-electron chi connectivity index (χ2n) is 9.54. The van der Waals surface area contributed by atoms with Gasteiger partial charge in [0.1, 0.15) is 5.60 Å². The van der Waals surface area contributed by atoms with E-state index < -0.39 is 77.2 Å². The highest BCUT2D eigenvalue weighted by Crippen LogP contribution is 2.45. The second-order valence-corrected chi connectivity index (χ2v) is 9.54. The highest BCUT2D eigenvalue weighted by molar-refractivity contribution is 5.94. The third-order valence-electron chi connectivity index (χ3n) is 7.02. The molecule has 2 aliphatic rings. The first-order valence-corrected chi connectivity index (χ1v) is 11.8. The molecular formula is C25H20F10N2O3. The molecule has 2 fully saturated rings. The number of carbonyl (C=O) groups is 2. The number of rotatable bonds is 4. The lowest BCUT2D eigenvalue weighted by atomic mass is 9.74. The van der Waals surface area contributed by atoms with Crippen LogP contribution in [0.2, 0.25) is 0 Å². The molecule has 40 heavy (non-hydrogen) atoms. The van der Waals surface area contributed by atoms with E-state index in [-0.39, 0.29) is 44.1 Å². The Balaban J connectivity index is 1.62. The van der Waals surface area contributed by atoms with E-state index in [0.29, 0.717) is 17.0 Å². The van der Waals surface area contributed by atoms with Crippen molar-refractivity contribution in [2.24, 2.45) is 0 Å². The summed E-state index contributed by atoms with van der Waals surface area (Å²) in [5.41, 5.74) is -5.59. The summed E-state index contributed by atoms with van der Waals surface area (Å²) in [6.07, 6.45) is -14.8. The van der Waals surface area contributed by atoms with Crippen LogP contribution >= 0.6 is 0 Å². The van der Waals surface area contributed by atoms with Gasteiger partial charge in [0.05, 0.1) is 17.7 Å². The lowest BCUT2D eigenvalue weighted by Crippen LogP contribution is -2.60. The van der Waals surface area contributed by atoms with Crippen LogP contribution in [-0.4, -0.2) is 60.0 Å². The van der Waals surface area contributed by atoms with E-state index in [4.69, 9.17) is 4.74 Å². The monoisotopic (exact) mass is 586 g/mol. The van der Waals surface area contributed by atoms with Gasteiger partial charge in [-0.1, -0.05) is 6.07 Å². The normalized spacial score (nSPS) is 19.8. The third-order valence-corrected chi connectivity index (χ3v) is 7.02. The quantitative estimate of drug-likeness (QED) is 0.386. The zero-order valence-electron chi connectivity index (χ0n) is 20.3. The van der Waals surface area contributed by atoms with Crippen molar-refractivity contribution in [3.05, 3.63) is 70.3 Å². The van der Waals surface area contributed by atoms with E-state index in [2.05, 4.69) is 0 Å². The van der Waals surface area contributed by atoms with Crippen molar-refractivity contribution in [2.75, 3.05) is 26.2 Å². The fraction of sp³-hybridized carbons (Fsp3) is 0.440. The minimum absolute atomic E-state index is 0.109. The first-order valence-electron chi connectivity index (χ1n) is 11.8. The molecule has 0 N–H and O–H groups in total. The number of hydrogen-bond donors (Lipinski definition) is 0. The van der Waals surface area contributed by atoms with E-state index in [9.17, 15) is 53.5 Å². The van der Waals surface area contributed by atoms with Gasteiger partial charge in [0.15, 0.2) is 11.6 Å². The summed E-state index contributed by atoms with van der Waals surface area (Å²) in [7, 11) is 0. The summed E-state index contributed by atoms with van der Waals surface area (Å²) in [6.45, 7) is -1.99. The lowest BCUT2D eigenvalue weighted by molar-refractivity contribution is -0.143. The lowest BCUT2D eigenvalue weighted by Gasteiger charge is -2.50. The van der Waals surface area contributed by atoms with Crippen LogP contribution in [0.5, 0.6) is 0 Å². The van der Waals surface area contributed by atoms with Crippen LogP contribution in [0.3, 0.4) is 0 Å². The highest BCUT2D eigenvalue weighted by Gasteiger charge is 2.51. The summed E-state index contributed by atoms with van der Waals surface area (Å²) < 4.78 is 139. The largest absolute Gasteiger partial charge is 0.442 e. The fourth-order valence-electron chi connectivity index (χ4n) is 5.02. The van der Waals surface area contributed by atoms with Gasteiger partial charge >= 0.3 is 18.4 Å². The Kier molecular flexibility index (Phi) is 7.71. The van der Waals surface area contributed by atoms with Crippen LogP contribution in [0.25, 0.3) is 0 Å². The molecule has 2 heterocycles. The van der Waals surface area contributed by atoms with Crippen molar-refractivity contribution in [2.45, 2.75) is 43.1 Å². The first kappa shape index (κ1) is 29.5. The Morgan fingerprint density at radius 3 is 2.00 bits per heavy atom. The molecule has 2 aliphatic heterocycles. The summed E-state index contributed by atoms with van der Waals surface area (Å²) in [5, 5.41) is 0. The van der Waals surface area contributed by atoms with Crippen molar-refractivity contribution >= 4 is 12.0 Å². The zero-order chi connectivity index (χ0) is 29.6. The van der Waals surface area contributed by atoms with Gasteiger partial charge in [-0.2, -0.15) is 26.3 Å². The van der Waals surface area contributed by atoms with Gasteiger partial charge in [-0.05, 0) is 35.9 Å². The highest BCUT2D eigenvalue weighted by atomic mass is 19.4. The molecule has 0 aliphatic carbocycles. The molecule has 0 saturated carbocycles. The number of piperidine rings is 1. The topological polar surface area (TPSA) is 49.9 Å². The standard InChI is InChI=1S/C25H20F10N2O3/c26-18-2-1-13(9-19(18)27)17-11-37(12-20(28)29)22(39)40-23(17)3-5-36(6-4-23)21(38)14-7-15(24(30,31)32)10-16(8-14)25(33,34)35/h1-2,7-10,17,20H,3-6,11-12H2. The van der Waals surface area contributed by atoms with Crippen LogP contribution in [0.4, 0.5) is 48.7 Å². The van der Waals surface area contributed by atoms with Crippen molar-refractivity contribution < 1.29 is 58.2 Å². The van der Waals surface area contributed by atoms with E-state index in [0.717, 1.165) is 17.0 Å². The molecule has 1 atom stereocenters. The molecule has 5 nitrogen and oxygen atoms in total. The molecular weight excluding hydrogens is 566 g/mol. The smallest absolute Gasteiger partial charge is 0.416 e. The maximum atomic E-state index is 14.0. The molecule has 2 aromatic rings. The SMILES string of the molecule is O=C1OC2(CCN(C(=O)c3cc(C(F)(F)F)cc(C(F)(F)F)c3)CC2)C(c2ccc(F)c(F)c2)CN1CC(F)F. The molecule has 218 valence electrons. The van der Waals surface area contributed by atoms with Gasteiger partial charge in [0.2, 0.25) is 0 Å². The number of carbonyl (C=O) groups excluding carboxylic acids is 2. The van der Waals surface area contributed by atoms with Gasteiger partial charge < -0.3 is 14.5 Å². The van der Waals surface area contributed by atoms with Crippen LogP contribution in [0.1, 0.15) is 45.8 Å². The summed E-state index contributed by atoms with van der Waals surface area (Å²) in [4.78, 5) is 27.2. The number of ether oxygens (including phenoxy) is 1. The van der Waals surface area contributed by atoms with E-state index >= 15 is 0 Å². The van der Waals surface area contributed by atoms with Crippen LogP contribution in [0.15, 0.2) is 36.4 Å². The number of nitrogens with zero attached hydrogens (tertiary/aromatic N) is 2. The van der Waals surface area contributed by atoms with Crippen molar-refractivity contribution in [1.82, 2.24) is 9.80 Å². The van der Waals surface area contributed by atoms with Crippen molar-refractivity contribution in [1.29, 1.82) is 0 Å². The number of amides is 2. The van der Waals surface area contributed by atoms with Gasteiger partial charge in [-0.3, -0.25) is 4.79 Å². The van der Waals surface area contributed by atoms with Crippen LogP contribution in [-0.2, 0) is 17.1 Å². The summed E-state index contributed by atoms with van der Waals surface area (Å²) in [6, 6.07) is 3.30. The van der Waals surface area contributed by atoms with E-state index in [1.807, 2.05) is 0 Å². The molecule has 1 unspecified atom stereocenters. The molecule has 2 saturated heterocycles. The summed E-state index contributed by atoms with van der Waals surface area (Å²) >= 11 is 0. The maximum absolute atomic E-state index is 14.0. The molecule has 0 bridgehead atoms. The molecule has 1 spiro atoms.